The minimum Gasteiger partial charge on any atom is -0.481 e. The number of piperidine rings is 1. The number of aromatic nitrogens is 4. The van der Waals surface area contributed by atoms with E-state index < -0.39 is 12.8 Å². The van der Waals surface area contributed by atoms with Crippen molar-refractivity contribution in [2.45, 2.75) is 32.0 Å². The zero-order valence-corrected chi connectivity index (χ0v) is 18.3. The van der Waals surface area contributed by atoms with Gasteiger partial charge in [0, 0.05) is 43.1 Å². The Morgan fingerprint density at radius 1 is 1.15 bits per heavy atom. The molecule has 0 spiro atoms. The Bertz CT molecular complexity index is 1140. The third-order valence-electron chi connectivity index (χ3n) is 6.45. The van der Waals surface area contributed by atoms with Gasteiger partial charge in [0.2, 0.25) is 17.7 Å². The van der Waals surface area contributed by atoms with E-state index in [4.69, 9.17) is 9.47 Å². The monoisotopic (exact) mass is 462 g/mol. The van der Waals surface area contributed by atoms with E-state index in [0.717, 1.165) is 37.2 Å². The van der Waals surface area contributed by atoms with E-state index in [1.165, 1.54) is 10.6 Å². The van der Waals surface area contributed by atoms with E-state index in [1.54, 1.807) is 19.4 Å². The maximum Gasteiger partial charge on any atom is 0.422 e. The number of nitrogens with one attached hydrogen (secondary N) is 1. The number of alkyl halides is 3. The molecule has 3 aromatic rings. The maximum absolute atomic E-state index is 12.6. The van der Waals surface area contributed by atoms with E-state index in [0.29, 0.717) is 29.3 Å². The molecule has 5 rings (SSSR count). The summed E-state index contributed by atoms with van der Waals surface area (Å²) < 4.78 is 49.4. The molecule has 3 aromatic heterocycles. The van der Waals surface area contributed by atoms with Gasteiger partial charge in [-0.1, -0.05) is 6.07 Å². The van der Waals surface area contributed by atoms with Crippen LogP contribution in [0.4, 0.5) is 24.8 Å². The molecule has 1 saturated carbocycles. The lowest BCUT2D eigenvalue weighted by Crippen LogP contribution is -2.48. The molecular weight excluding hydrogens is 437 g/mol. The van der Waals surface area contributed by atoms with Gasteiger partial charge in [0.25, 0.3) is 0 Å². The van der Waals surface area contributed by atoms with Crippen LogP contribution in [0.2, 0.25) is 0 Å². The molecular formula is C22H25F3N6O2. The molecule has 0 radical (unpaired) electrons. The molecule has 1 aliphatic carbocycles. The van der Waals surface area contributed by atoms with E-state index in [-0.39, 0.29) is 11.9 Å². The van der Waals surface area contributed by atoms with Crippen molar-refractivity contribution in [3.05, 3.63) is 36.0 Å². The van der Waals surface area contributed by atoms with Crippen LogP contribution < -0.4 is 19.7 Å². The van der Waals surface area contributed by atoms with Gasteiger partial charge in [-0.25, -0.2) is 4.98 Å². The molecule has 8 nitrogen and oxygen atoms in total. The van der Waals surface area contributed by atoms with Crippen molar-refractivity contribution in [1.82, 2.24) is 19.6 Å². The van der Waals surface area contributed by atoms with Crippen molar-refractivity contribution in [2.75, 3.05) is 37.0 Å². The summed E-state index contributed by atoms with van der Waals surface area (Å²) in [5, 5.41) is 7.90. The molecule has 33 heavy (non-hydrogen) atoms. The van der Waals surface area contributed by atoms with Crippen LogP contribution in [0.1, 0.15) is 18.4 Å². The molecule has 1 unspecified atom stereocenters. The third-order valence-corrected chi connectivity index (χ3v) is 6.45. The average Bonchev–Trinajstić information content (AvgIpc) is 3.30. The first-order valence-electron chi connectivity index (χ1n) is 10.9. The minimum absolute atomic E-state index is 0.0119. The smallest absolute Gasteiger partial charge is 0.422 e. The first kappa shape index (κ1) is 21.6. The molecule has 0 aromatic carbocycles. The van der Waals surface area contributed by atoms with Crippen LogP contribution in [0.25, 0.3) is 5.65 Å². The Hall–Kier alpha value is -3.24. The molecule has 176 valence electrons. The fourth-order valence-corrected chi connectivity index (χ4v) is 4.91. The number of pyridine rings is 2. The number of hydrogen-bond donors (Lipinski definition) is 1. The minimum atomic E-state index is -4.43. The Balaban J connectivity index is 1.33. The van der Waals surface area contributed by atoms with Crippen LogP contribution in [0.3, 0.4) is 0 Å². The highest BCUT2D eigenvalue weighted by Crippen LogP contribution is 2.40. The predicted octanol–water partition coefficient (Wildman–Crippen LogP) is 3.71. The Morgan fingerprint density at radius 2 is 1.91 bits per heavy atom. The summed E-state index contributed by atoms with van der Waals surface area (Å²) >= 11 is 0. The fraction of sp³-hybridized carbons (Fsp3) is 0.500. The molecule has 4 heterocycles. The Labute approximate surface area is 188 Å². The summed E-state index contributed by atoms with van der Waals surface area (Å²) in [5.41, 5.74) is 2.37. The van der Waals surface area contributed by atoms with Crippen LogP contribution in [-0.4, -0.2) is 58.6 Å². The second-order valence-corrected chi connectivity index (χ2v) is 8.66. The maximum atomic E-state index is 12.6. The third kappa shape index (κ3) is 4.36. The summed E-state index contributed by atoms with van der Waals surface area (Å²) in [6.45, 7) is 2.23. The topological polar surface area (TPSA) is 76.8 Å². The van der Waals surface area contributed by atoms with E-state index in [9.17, 15) is 13.2 Å². The van der Waals surface area contributed by atoms with Gasteiger partial charge in [0.15, 0.2) is 12.3 Å². The van der Waals surface area contributed by atoms with E-state index in [1.807, 2.05) is 19.1 Å². The second-order valence-electron chi connectivity index (χ2n) is 8.66. The first-order valence-corrected chi connectivity index (χ1v) is 10.9. The lowest BCUT2D eigenvalue weighted by Gasteiger charge is -2.39. The fourth-order valence-electron chi connectivity index (χ4n) is 4.91. The highest BCUT2D eigenvalue weighted by molar-refractivity contribution is 5.53. The lowest BCUT2D eigenvalue weighted by atomic mass is 9.92. The van der Waals surface area contributed by atoms with Crippen LogP contribution in [-0.2, 0) is 0 Å². The molecule has 11 heteroatoms. The molecule has 2 bridgehead atoms. The summed E-state index contributed by atoms with van der Waals surface area (Å²) in [7, 11) is 1.61. The van der Waals surface area contributed by atoms with Crippen LogP contribution in [0.15, 0.2) is 30.5 Å². The number of nitrogens with zero attached hydrogens (tertiary/aromatic N) is 5. The normalized spacial score (nSPS) is 22.6. The van der Waals surface area contributed by atoms with Crippen molar-refractivity contribution in [2.24, 2.45) is 11.8 Å². The van der Waals surface area contributed by atoms with Gasteiger partial charge in [0.1, 0.15) is 0 Å². The summed E-state index contributed by atoms with van der Waals surface area (Å²) in [6.07, 6.45) is -0.493. The van der Waals surface area contributed by atoms with Crippen molar-refractivity contribution in [3.63, 3.8) is 0 Å². The standard InChI is InChI=1S/C22H25F3N6O2/c1-13-3-6-18(33-12-22(23,24)25)31-20(13)28-21(29-31)27-19-14-4-5-15(19)11-30(10-14)16-7-8-26-17(9-16)32-2/h3,6-9,14-15,19H,4-5,10-12H2,1-2H3,(H,27,29)/t14-,15+,19?. The molecule has 2 aliphatic rings. The summed E-state index contributed by atoms with van der Waals surface area (Å²) in [5.74, 6) is 1.81. The predicted molar refractivity (Wildman–Crippen MR) is 116 cm³/mol. The van der Waals surface area contributed by atoms with Gasteiger partial charge in [0.05, 0.1) is 7.11 Å². The zero-order chi connectivity index (χ0) is 23.2. The molecule has 1 N–H and O–H groups in total. The van der Waals surface area contributed by atoms with Crippen LogP contribution >= 0.6 is 0 Å². The number of ether oxygens (including phenoxy) is 2. The highest BCUT2D eigenvalue weighted by Gasteiger charge is 2.42. The highest BCUT2D eigenvalue weighted by atomic mass is 19.4. The number of halogens is 3. The first-order chi connectivity index (χ1) is 15.8. The van der Waals surface area contributed by atoms with Gasteiger partial charge in [-0.2, -0.15) is 22.7 Å². The van der Waals surface area contributed by atoms with Crippen LogP contribution in [0, 0.1) is 18.8 Å². The van der Waals surface area contributed by atoms with Crippen molar-refractivity contribution in [1.29, 1.82) is 0 Å². The summed E-state index contributed by atoms with van der Waals surface area (Å²) in [6, 6.07) is 7.30. The van der Waals surface area contributed by atoms with E-state index >= 15 is 0 Å². The molecule has 3 atom stereocenters. The number of aryl methyl sites for hydroxylation is 1. The number of fused-ring (bicyclic) bond motifs is 3. The number of rotatable bonds is 6. The van der Waals surface area contributed by atoms with Gasteiger partial charge >= 0.3 is 6.18 Å². The molecule has 2 fully saturated rings. The Morgan fingerprint density at radius 3 is 2.61 bits per heavy atom. The molecule has 1 saturated heterocycles. The summed E-state index contributed by atoms with van der Waals surface area (Å²) in [4.78, 5) is 11.1. The van der Waals surface area contributed by atoms with Gasteiger partial charge in [-0.3, -0.25) is 0 Å². The Kier molecular flexibility index (Phi) is 5.41. The number of anilines is 2. The largest absolute Gasteiger partial charge is 0.481 e. The number of methoxy groups -OCH3 is 1. The quantitative estimate of drug-likeness (QED) is 0.599. The van der Waals surface area contributed by atoms with Crippen molar-refractivity contribution >= 4 is 17.3 Å². The van der Waals surface area contributed by atoms with Gasteiger partial charge < -0.3 is 19.7 Å². The van der Waals surface area contributed by atoms with Gasteiger partial charge in [-0.15, -0.1) is 5.10 Å². The average molecular weight is 462 g/mol. The van der Waals surface area contributed by atoms with Gasteiger partial charge in [-0.05, 0) is 43.2 Å². The second kappa shape index (κ2) is 8.27. The van der Waals surface area contributed by atoms with E-state index in [2.05, 4.69) is 25.3 Å². The molecule has 0 amide bonds. The number of hydrogen-bond acceptors (Lipinski definition) is 7. The zero-order valence-electron chi connectivity index (χ0n) is 18.3. The van der Waals surface area contributed by atoms with Crippen molar-refractivity contribution < 1.29 is 22.6 Å². The molecule has 1 aliphatic heterocycles. The SMILES string of the molecule is COc1cc(N2C[C@H]3CC[C@@H](C2)C3Nc2nc3c(C)ccc(OCC(F)(F)F)n3n2)ccn1. The van der Waals surface area contributed by atoms with Crippen molar-refractivity contribution in [3.8, 4) is 11.8 Å². The lowest BCUT2D eigenvalue weighted by molar-refractivity contribution is -0.154. The van der Waals surface area contributed by atoms with Crippen LogP contribution in [0.5, 0.6) is 11.8 Å².